The van der Waals surface area contributed by atoms with Crippen LogP contribution in [0.5, 0.6) is 23.0 Å². The van der Waals surface area contributed by atoms with Crippen LogP contribution >= 0.6 is 23.2 Å². The fourth-order valence-corrected chi connectivity index (χ4v) is 14.5. The molecule has 2 aliphatic rings. The van der Waals surface area contributed by atoms with E-state index in [0.29, 0.717) is 83.1 Å². The maximum Gasteiger partial charge on any atom is 0.407 e. The summed E-state index contributed by atoms with van der Waals surface area (Å²) >= 11 is 11.9. The summed E-state index contributed by atoms with van der Waals surface area (Å²) in [7, 11) is 11.5. The second kappa shape index (κ2) is 45.8. The van der Waals surface area contributed by atoms with Gasteiger partial charge in [-0.05, 0) is 184 Å². The number of aromatic carboxylic acids is 1. The topological polar surface area (TPSA) is 380 Å². The van der Waals surface area contributed by atoms with Crippen LogP contribution < -0.4 is 45.9 Å². The van der Waals surface area contributed by atoms with Gasteiger partial charge in [-0.15, -0.1) is 0 Å². The number of halogens is 2. The number of carbonyl (C=O) groups excluding carboxylic acids is 11. The number of carboxylic acids is 1. The number of likely N-dealkylation sites (N-methyl/N-ethyl adjacent to an activating group) is 2. The quantitative estimate of drug-likeness (QED) is 0.0208. The minimum Gasteiger partial charge on any atom is -0.496 e. The maximum absolute atomic E-state index is 14.9. The lowest BCUT2D eigenvalue weighted by atomic mass is 9.88. The van der Waals surface area contributed by atoms with E-state index in [1.54, 1.807) is 165 Å². The van der Waals surface area contributed by atoms with Crippen molar-refractivity contribution in [3.8, 4) is 67.5 Å². The Hall–Kier alpha value is -12.7. The third-order valence-electron chi connectivity index (χ3n) is 20.7. The van der Waals surface area contributed by atoms with Crippen molar-refractivity contribution in [2.75, 3.05) is 69.8 Å². The molecule has 676 valence electrons. The van der Waals surface area contributed by atoms with Crippen molar-refractivity contribution in [3.05, 3.63) is 213 Å². The number of hydrogen-bond acceptors (Lipinski definition) is 21. The lowest BCUT2D eigenvalue weighted by Crippen LogP contribution is -2.48. The van der Waals surface area contributed by atoms with Crippen molar-refractivity contribution in [3.63, 3.8) is 0 Å². The van der Waals surface area contributed by atoms with Crippen LogP contribution in [0, 0.1) is 17.8 Å². The van der Waals surface area contributed by atoms with Gasteiger partial charge in [0.2, 0.25) is 23.6 Å². The molecule has 0 radical (unpaired) electrons. The average molecular weight is 1780 g/mol. The van der Waals surface area contributed by atoms with Gasteiger partial charge in [0.25, 0.3) is 0 Å². The van der Waals surface area contributed by atoms with Crippen molar-refractivity contribution in [2.45, 2.75) is 149 Å². The molecule has 7 N–H and O–H groups in total. The molecule has 2 aliphatic heterocycles. The van der Waals surface area contributed by atoms with Crippen molar-refractivity contribution in [2.24, 2.45) is 23.5 Å². The van der Waals surface area contributed by atoms with E-state index in [2.05, 4.69) is 21.3 Å². The Morgan fingerprint density at radius 2 is 0.810 bits per heavy atom. The number of ether oxygens (including phenoxy) is 8. The molecular weight excluding hydrogens is 1660 g/mol. The molecule has 8 bridgehead atoms. The monoisotopic (exact) mass is 1770 g/mol. The predicted molar refractivity (Wildman–Crippen MR) is 484 cm³/mol. The molecule has 0 fully saturated rings. The molecular formula is C96H117Cl2N7O21. The highest BCUT2D eigenvalue weighted by atomic mass is 35.5. The number of esters is 2. The van der Waals surface area contributed by atoms with Gasteiger partial charge in [-0.25, -0.2) is 24.0 Å². The van der Waals surface area contributed by atoms with Gasteiger partial charge in [0.1, 0.15) is 58.4 Å². The first-order valence-electron chi connectivity index (χ1n) is 40.4. The number of methoxy groups -OCH3 is 6. The van der Waals surface area contributed by atoms with E-state index in [9.17, 15) is 57.5 Å². The molecule has 126 heavy (non-hydrogen) atoms. The molecule has 2 heterocycles. The number of nitrogens with zero attached hydrogens (tertiary/aromatic N) is 2. The van der Waals surface area contributed by atoms with E-state index in [0.717, 1.165) is 22.3 Å². The van der Waals surface area contributed by atoms with Crippen molar-refractivity contribution in [1.29, 1.82) is 0 Å². The summed E-state index contributed by atoms with van der Waals surface area (Å²) in [6.07, 6.45) is -1.79. The summed E-state index contributed by atoms with van der Waals surface area (Å²) in [4.78, 5) is 162. The number of nitrogens with two attached hydrogens (primary N) is 1. The van der Waals surface area contributed by atoms with Crippen molar-refractivity contribution < 1.29 is 103 Å². The van der Waals surface area contributed by atoms with Gasteiger partial charge in [-0.3, -0.25) is 33.6 Å². The minimum atomic E-state index is -1.24. The Labute approximate surface area is 748 Å². The molecule has 28 nitrogen and oxygen atoms in total. The first-order chi connectivity index (χ1) is 59.2. The summed E-state index contributed by atoms with van der Waals surface area (Å²) in [6, 6.07) is 43.9. The Morgan fingerprint density at radius 1 is 0.476 bits per heavy atom. The van der Waals surface area contributed by atoms with Crippen LogP contribution in [0.15, 0.2) is 170 Å². The molecule has 0 saturated heterocycles. The van der Waals surface area contributed by atoms with E-state index in [1.807, 2.05) is 60.7 Å². The van der Waals surface area contributed by atoms with Crippen molar-refractivity contribution >= 4 is 94.3 Å². The van der Waals surface area contributed by atoms with Gasteiger partial charge in [0.15, 0.2) is 17.3 Å². The van der Waals surface area contributed by atoms with E-state index < -0.39 is 124 Å². The minimum absolute atomic E-state index is 0. The molecule has 30 heteroatoms. The Balaban J connectivity index is 0.000000386. The first kappa shape index (κ1) is 100. The van der Waals surface area contributed by atoms with E-state index in [-0.39, 0.29) is 79.7 Å². The standard InChI is InChI=1S/C48H54ClN3O10.C34H46N4O9.C13H9ClO2.CH4.2H2/c1-28-23-40(54)43(33-16-20-42(60-7)37(26-33)36-24-29(9-19-41(36)59-6)25-38(46(57)61-8)51-44(28)55)52(5)45(56)34(21-22-50-47(58)62-48(2,3)4)27-39(53)32-12-10-30(11-13-32)31-14-17-35(49)18-15-31;1-19-15-26(39)29(38(5)31(41)24(35)13-14-36-33(43)47-34(2,3)4)21-10-12-28(45-7)23(18-21)22-16-20(9-11-27(22)44-6)17-25(32(42)46-8)37-30(19)40;14-12-7-5-10(6-8-12)9-1-3-11(4-2-9)13(15)16;;;/h9-20,24,26,28,34,38,43H,21-23,25,27H2,1-8H3,(H,50,58)(H,51,55);9-12,16,18-19,24-25,29H,13-15,17,35H2,1-8H3,(H,36,43)(H,37,40);1-8H,(H,15,16);1H4;2*1H/t28-,34-,38+,43+;19-,24+,25+,29+;;;;/m11..../s1. The molecule has 10 rings (SSSR count). The molecule has 0 unspecified atom stereocenters. The fraction of sp³-hybridized carbons (Fsp3) is 0.375. The Kier molecular flexibility index (Phi) is 36.5. The summed E-state index contributed by atoms with van der Waals surface area (Å²) in [5.74, 6) is -6.48. The van der Waals surface area contributed by atoms with Crippen LogP contribution in [-0.4, -0.2) is 185 Å². The highest BCUT2D eigenvalue weighted by Crippen LogP contribution is 2.43. The molecule has 8 aromatic rings. The molecule has 8 aromatic carbocycles. The predicted octanol–water partition coefficient (Wildman–Crippen LogP) is 15.6. The number of hydrogen-bond donors (Lipinski definition) is 6. The number of alkyl carbamates (subject to hydrolysis) is 2. The average Bonchev–Trinajstić information content (AvgIpc) is 0.781. The number of Topliss-reactive ketones (excluding diaryl/α,β-unsaturated/α-hetero) is 3. The zero-order valence-corrected chi connectivity index (χ0v) is 74.5. The zero-order chi connectivity index (χ0) is 91.9. The normalized spacial score (nSPS) is 16.8. The van der Waals surface area contributed by atoms with Crippen LogP contribution in [0.1, 0.15) is 153 Å². The lowest BCUT2D eigenvalue weighted by Gasteiger charge is -2.32. The second-order valence-corrected chi connectivity index (χ2v) is 33.1. The van der Waals surface area contributed by atoms with E-state index in [1.165, 1.54) is 66.6 Å². The second-order valence-electron chi connectivity index (χ2n) is 32.3. The SMILES string of the molecule is C.COC(=O)[C@@H]1Cc2ccc(OC)c(c2)-c2cc(ccc2OC)[C@H](N(C)C(=O)[C@@H](N)CCNC(=O)OC(C)(C)C)C(=O)C[C@@H](C)C(=O)N1.COC(=O)[C@@H]1Cc2ccc(OC)c(c2)-c2cc(ccc2OC)[C@H](N(C)C(=O)[C@H](CCNC(=O)OC(C)(C)C)CC(=O)c2ccc(-c3ccc(Cl)cc3)cc2)C(=O)C[C@@H](C)C(=O)N1.O=C(O)c1ccc(-c2ccc(Cl)cc2)cc1.[HH].[HH]. The smallest absolute Gasteiger partial charge is 0.407 e. The van der Waals surface area contributed by atoms with Gasteiger partial charge < -0.3 is 79.8 Å². The molecule has 6 amide bonds. The number of amides is 6. The highest BCUT2D eigenvalue weighted by molar-refractivity contribution is 6.31. The van der Waals surface area contributed by atoms with Gasteiger partial charge in [-0.2, -0.15) is 0 Å². The summed E-state index contributed by atoms with van der Waals surface area (Å²) in [5.41, 5.74) is 13.8. The number of carboxylic acid groups (broad SMARTS) is 1. The maximum atomic E-state index is 14.9. The Morgan fingerprint density at radius 3 is 1.16 bits per heavy atom. The van der Waals surface area contributed by atoms with Gasteiger partial charge in [0, 0.05) is 118 Å². The summed E-state index contributed by atoms with van der Waals surface area (Å²) in [6.45, 7) is 13.6. The van der Waals surface area contributed by atoms with Crippen LogP contribution in [0.2, 0.25) is 10.0 Å². The molecule has 0 aliphatic carbocycles. The van der Waals surface area contributed by atoms with Crippen LogP contribution in [0.4, 0.5) is 9.59 Å². The van der Waals surface area contributed by atoms with E-state index >= 15 is 0 Å². The first-order valence-corrected chi connectivity index (χ1v) is 41.2. The number of fused-ring (bicyclic) bond motifs is 10. The number of rotatable bonds is 22. The largest absolute Gasteiger partial charge is 0.496 e. The zero-order valence-electron chi connectivity index (χ0n) is 73.0. The summed E-state index contributed by atoms with van der Waals surface area (Å²) in [5, 5.41) is 20.8. The highest BCUT2D eigenvalue weighted by Gasteiger charge is 2.39. The van der Waals surface area contributed by atoms with Gasteiger partial charge >= 0.3 is 30.1 Å². The fourth-order valence-electron chi connectivity index (χ4n) is 14.3. The van der Waals surface area contributed by atoms with Gasteiger partial charge in [-0.1, -0.05) is 129 Å². The van der Waals surface area contributed by atoms with E-state index in [4.69, 9.17) is 71.9 Å². The van der Waals surface area contributed by atoms with Crippen LogP contribution in [0.3, 0.4) is 0 Å². The number of benzene rings is 8. The Bertz CT molecular complexity index is 5220. The molecule has 0 spiro atoms. The third kappa shape index (κ3) is 27.7. The summed E-state index contributed by atoms with van der Waals surface area (Å²) < 4.78 is 43.5. The van der Waals surface area contributed by atoms with Crippen LogP contribution in [0.25, 0.3) is 44.5 Å². The number of ketones is 3. The number of nitrogens with one attached hydrogen (secondary N) is 4. The number of carbonyl (C=O) groups is 12. The molecule has 0 saturated carbocycles. The molecule has 0 aromatic heterocycles. The van der Waals surface area contributed by atoms with Crippen molar-refractivity contribution in [1.82, 2.24) is 31.1 Å². The molecule has 8 atom stereocenters. The van der Waals surface area contributed by atoms with Crippen LogP contribution in [-0.2, 0) is 70.1 Å². The lowest BCUT2D eigenvalue weighted by molar-refractivity contribution is -0.146. The van der Waals surface area contributed by atoms with Gasteiger partial charge in [0.05, 0.1) is 54.3 Å². The third-order valence-corrected chi connectivity index (χ3v) is 21.2.